The Morgan fingerprint density at radius 1 is 0.763 bits per heavy atom. The lowest BCUT2D eigenvalue weighted by atomic mass is 9.98. The van der Waals surface area contributed by atoms with Crippen LogP contribution in [-0.4, -0.2) is 42.9 Å². The molecule has 0 aliphatic carbocycles. The van der Waals surface area contributed by atoms with Crippen LogP contribution in [0, 0.1) is 0 Å². The molecule has 200 valence electrons. The van der Waals surface area contributed by atoms with E-state index < -0.39 is 48.6 Å². The summed E-state index contributed by atoms with van der Waals surface area (Å²) in [7, 11) is 0. The van der Waals surface area contributed by atoms with Crippen LogP contribution in [0.1, 0.15) is 43.8 Å². The standard InChI is InChI=1S/C31H34O7/c1-30(2,3)38-31(23-17-11-6-12-18-23)36-26-25-24(20-33-28(35-25)22-15-9-5-10-16-22)34-29(27(26)37-31)32-19-21-13-7-4-8-14-21/h4-18,24-29H,19-20H2,1-3H3/t24-,25-,26+,27+,28?,29-,31?/m1/s1. The largest absolute Gasteiger partial charge is 0.346 e. The summed E-state index contributed by atoms with van der Waals surface area (Å²) < 4.78 is 45.3. The van der Waals surface area contributed by atoms with E-state index in [0.29, 0.717) is 13.2 Å². The SMILES string of the molecule is CC(C)(C)OC1(c2ccccc2)O[C@@H]2[C@H](O1)[C@H](OCc1ccccc1)O[C@@H]1COC(c3ccccc3)O[C@@H]21. The molecular weight excluding hydrogens is 484 g/mol. The molecule has 2 unspecified atom stereocenters. The fourth-order valence-electron chi connectivity index (χ4n) is 5.15. The zero-order chi connectivity index (χ0) is 26.2. The highest BCUT2D eigenvalue weighted by Gasteiger charge is 2.62. The summed E-state index contributed by atoms with van der Waals surface area (Å²) in [6.45, 7) is 6.63. The van der Waals surface area contributed by atoms with E-state index >= 15 is 0 Å². The monoisotopic (exact) mass is 518 g/mol. The molecule has 6 rings (SSSR count). The molecule has 3 aliphatic rings. The van der Waals surface area contributed by atoms with Crippen LogP contribution in [0.5, 0.6) is 0 Å². The molecule has 0 aromatic heterocycles. The Bertz CT molecular complexity index is 1180. The van der Waals surface area contributed by atoms with E-state index in [4.69, 9.17) is 33.2 Å². The minimum absolute atomic E-state index is 0.334. The fourth-order valence-corrected chi connectivity index (χ4v) is 5.15. The number of hydrogen-bond acceptors (Lipinski definition) is 7. The average molecular weight is 519 g/mol. The normalized spacial score (nSPS) is 32.9. The van der Waals surface area contributed by atoms with E-state index in [0.717, 1.165) is 16.7 Å². The van der Waals surface area contributed by atoms with Crippen molar-refractivity contribution in [3.05, 3.63) is 108 Å². The molecule has 0 spiro atoms. The molecule has 0 radical (unpaired) electrons. The van der Waals surface area contributed by atoms with Gasteiger partial charge in [0.15, 0.2) is 12.6 Å². The maximum Gasteiger partial charge on any atom is 0.313 e. The topological polar surface area (TPSA) is 64.6 Å². The number of fused-ring (bicyclic) bond motifs is 3. The van der Waals surface area contributed by atoms with Gasteiger partial charge in [0.2, 0.25) is 0 Å². The average Bonchev–Trinajstić information content (AvgIpc) is 3.32. The van der Waals surface area contributed by atoms with E-state index in [1.54, 1.807) is 0 Å². The summed E-state index contributed by atoms with van der Waals surface area (Å²) in [4.78, 5) is 0. The van der Waals surface area contributed by atoms with Crippen molar-refractivity contribution in [3.63, 3.8) is 0 Å². The van der Waals surface area contributed by atoms with Gasteiger partial charge in [-0.3, -0.25) is 0 Å². The Morgan fingerprint density at radius 3 is 2.08 bits per heavy atom. The molecule has 7 heteroatoms. The number of hydrogen-bond donors (Lipinski definition) is 0. The summed E-state index contributed by atoms with van der Waals surface area (Å²) in [6.07, 6.45) is -3.23. The van der Waals surface area contributed by atoms with Gasteiger partial charge in [-0.25, -0.2) is 0 Å². The molecule has 7 atom stereocenters. The molecule has 7 nitrogen and oxygen atoms in total. The highest BCUT2D eigenvalue weighted by atomic mass is 16.9. The van der Waals surface area contributed by atoms with Gasteiger partial charge in [0, 0.05) is 11.1 Å². The third-order valence-corrected chi connectivity index (χ3v) is 6.76. The minimum atomic E-state index is -1.45. The fraction of sp³-hybridized carbons (Fsp3) is 0.419. The summed E-state index contributed by atoms with van der Waals surface area (Å²) in [5.74, 6) is -1.45. The Balaban J connectivity index is 1.33. The van der Waals surface area contributed by atoms with Crippen molar-refractivity contribution >= 4 is 0 Å². The summed E-state index contributed by atoms with van der Waals surface area (Å²) in [6, 6.07) is 29.6. The minimum Gasteiger partial charge on any atom is -0.346 e. The van der Waals surface area contributed by atoms with Crippen LogP contribution in [0.2, 0.25) is 0 Å². The molecule has 3 aromatic carbocycles. The van der Waals surface area contributed by atoms with Gasteiger partial charge in [0.05, 0.1) is 18.8 Å². The van der Waals surface area contributed by atoms with E-state index in [-0.39, 0.29) is 0 Å². The zero-order valence-corrected chi connectivity index (χ0v) is 21.9. The van der Waals surface area contributed by atoms with E-state index in [2.05, 4.69) is 0 Å². The van der Waals surface area contributed by atoms with Gasteiger partial charge in [-0.05, 0) is 26.3 Å². The molecule has 3 heterocycles. The molecule has 3 saturated heterocycles. The first-order valence-electron chi connectivity index (χ1n) is 13.1. The molecule has 38 heavy (non-hydrogen) atoms. The van der Waals surface area contributed by atoms with Crippen molar-refractivity contribution in [1.82, 2.24) is 0 Å². The van der Waals surface area contributed by atoms with Crippen molar-refractivity contribution < 1.29 is 33.2 Å². The zero-order valence-electron chi connectivity index (χ0n) is 21.9. The Hall–Kier alpha value is -2.62. The lowest BCUT2D eigenvalue weighted by molar-refractivity contribution is -0.388. The van der Waals surface area contributed by atoms with Crippen LogP contribution in [-0.2, 0) is 45.7 Å². The van der Waals surface area contributed by atoms with E-state index in [1.165, 1.54) is 0 Å². The molecule has 3 fully saturated rings. The van der Waals surface area contributed by atoms with E-state index in [1.807, 2.05) is 112 Å². The molecule has 0 bridgehead atoms. The first-order valence-corrected chi connectivity index (χ1v) is 13.1. The summed E-state index contributed by atoms with van der Waals surface area (Å²) in [5, 5.41) is 0. The summed E-state index contributed by atoms with van der Waals surface area (Å²) in [5.41, 5.74) is 2.17. The molecule has 0 amide bonds. The van der Waals surface area contributed by atoms with Crippen molar-refractivity contribution in [2.24, 2.45) is 0 Å². The van der Waals surface area contributed by atoms with Crippen LogP contribution in [0.3, 0.4) is 0 Å². The maximum atomic E-state index is 6.77. The lowest BCUT2D eigenvalue weighted by Crippen LogP contribution is -2.61. The smallest absolute Gasteiger partial charge is 0.313 e. The third-order valence-electron chi connectivity index (χ3n) is 6.76. The van der Waals surface area contributed by atoms with Gasteiger partial charge in [0.1, 0.15) is 24.4 Å². The first kappa shape index (κ1) is 25.6. The molecule has 0 N–H and O–H groups in total. The van der Waals surface area contributed by atoms with Gasteiger partial charge < -0.3 is 33.2 Å². The van der Waals surface area contributed by atoms with Crippen LogP contribution in [0.4, 0.5) is 0 Å². The highest BCUT2D eigenvalue weighted by molar-refractivity contribution is 5.21. The van der Waals surface area contributed by atoms with Crippen molar-refractivity contribution in [3.8, 4) is 0 Å². The predicted molar refractivity (Wildman–Crippen MR) is 139 cm³/mol. The predicted octanol–water partition coefficient (Wildman–Crippen LogP) is 5.45. The van der Waals surface area contributed by atoms with Crippen LogP contribution in [0.15, 0.2) is 91.0 Å². The number of rotatable bonds is 6. The Kier molecular flexibility index (Phi) is 7.09. The maximum absolute atomic E-state index is 6.77. The number of ether oxygens (including phenoxy) is 7. The van der Waals surface area contributed by atoms with Crippen molar-refractivity contribution in [2.75, 3.05) is 6.61 Å². The second-order valence-corrected chi connectivity index (χ2v) is 10.8. The van der Waals surface area contributed by atoms with Crippen molar-refractivity contribution in [2.45, 2.75) is 75.9 Å². The van der Waals surface area contributed by atoms with Gasteiger partial charge in [0.25, 0.3) is 0 Å². The molecular formula is C31H34O7. The molecule has 3 aliphatic heterocycles. The molecule has 3 aromatic rings. The van der Waals surface area contributed by atoms with Gasteiger partial charge in [-0.15, -0.1) is 0 Å². The second kappa shape index (κ2) is 10.5. The van der Waals surface area contributed by atoms with Crippen LogP contribution in [0.25, 0.3) is 0 Å². The quantitative estimate of drug-likeness (QED) is 0.430. The van der Waals surface area contributed by atoms with Gasteiger partial charge >= 0.3 is 5.97 Å². The summed E-state index contributed by atoms with van der Waals surface area (Å²) >= 11 is 0. The highest BCUT2D eigenvalue weighted by Crippen LogP contribution is 2.48. The Labute approximate surface area is 223 Å². The third kappa shape index (κ3) is 5.28. The van der Waals surface area contributed by atoms with Gasteiger partial charge in [-0.2, -0.15) is 0 Å². The second-order valence-electron chi connectivity index (χ2n) is 10.8. The number of benzene rings is 3. The van der Waals surface area contributed by atoms with Crippen LogP contribution >= 0.6 is 0 Å². The van der Waals surface area contributed by atoms with Crippen LogP contribution < -0.4 is 0 Å². The Morgan fingerprint density at radius 2 is 1.39 bits per heavy atom. The lowest BCUT2D eigenvalue weighted by Gasteiger charge is -2.45. The first-order chi connectivity index (χ1) is 18.4. The van der Waals surface area contributed by atoms with Crippen molar-refractivity contribution in [1.29, 1.82) is 0 Å². The van der Waals surface area contributed by atoms with Gasteiger partial charge in [-0.1, -0.05) is 91.0 Å². The van der Waals surface area contributed by atoms with E-state index in [9.17, 15) is 0 Å². The molecule has 0 saturated carbocycles.